The molecule has 0 heterocycles. The number of hydrogen-bond acceptors (Lipinski definition) is 3. The van der Waals surface area contributed by atoms with Crippen molar-refractivity contribution in [1.29, 1.82) is 0 Å². The van der Waals surface area contributed by atoms with Gasteiger partial charge in [0.25, 0.3) is 5.91 Å². The van der Waals surface area contributed by atoms with Crippen molar-refractivity contribution in [2.45, 2.75) is 13.3 Å². The highest BCUT2D eigenvalue weighted by molar-refractivity contribution is 6.04. The van der Waals surface area contributed by atoms with Crippen LogP contribution >= 0.6 is 0 Å². The van der Waals surface area contributed by atoms with E-state index < -0.39 is 0 Å². The van der Waals surface area contributed by atoms with Crippen LogP contribution in [0.15, 0.2) is 48.5 Å². The Kier molecular flexibility index (Phi) is 5.95. The number of carbonyl (C=O) groups excluding carboxylic acids is 2. The molecule has 0 aliphatic rings. The van der Waals surface area contributed by atoms with Crippen molar-refractivity contribution >= 4 is 17.5 Å². The highest BCUT2D eigenvalue weighted by Crippen LogP contribution is 2.16. The molecule has 5 nitrogen and oxygen atoms in total. The first-order valence-corrected chi connectivity index (χ1v) is 7.83. The van der Waals surface area contributed by atoms with Crippen LogP contribution in [0.2, 0.25) is 0 Å². The molecule has 0 saturated carbocycles. The topological polar surface area (TPSA) is 58.6 Å². The van der Waals surface area contributed by atoms with Crippen LogP contribution in [0, 0.1) is 0 Å². The lowest BCUT2D eigenvalue weighted by atomic mass is 10.1. The first kappa shape index (κ1) is 17.5. The SMILES string of the molecule is CCOc1cccc(C(=O)Nc2ccc(CC(=O)N(C)C)cc2)c1. The van der Waals surface area contributed by atoms with Gasteiger partial charge in [0.1, 0.15) is 5.75 Å². The quantitative estimate of drug-likeness (QED) is 0.888. The molecule has 1 N–H and O–H groups in total. The molecular weight excluding hydrogens is 304 g/mol. The minimum Gasteiger partial charge on any atom is -0.494 e. The number of nitrogens with one attached hydrogen (secondary N) is 1. The number of likely N-dealkylation sites (N-methyl/N-ethyl adjacent to an activating group) is 1. The summed E-state index contributed by atoms with van der Waals surface area (Å²) in [4.78, 5) is 25.5. The molecule has 0 fully saturated rings. The van der Waals surface area contributed by atoms with Gasteiger partial charge in [0, 0.05) is 25.3 Å². The molecule has 0 saturated heterocycles. The molecule has 0 atom stereocenters. The van der Waals surface area contributed by atoms with Gasteiger partial charge in [-0.05, 0) is 42.8 Å². The molecule has 126 valence electrons. The third-order valence-electron chi connectivity index (χ3n) is 3.47. The van der Waals surface area contributed by atoms with Crippen LogP contribution in [0.4, 0.5) is 5.69 Å². The Labute approximate surface area is 142 Å². The Hall–Kier alpha value is -2.82. The van der Waals surface area contributed by atoms with E-state index in [1.54, 1.807) is 49.3 Å². The third kappa shape index (κ3) is 4.84. The Bertz CT molecular complexity index is 709. The standard InChI is InChI=1S/C19H22N2O3/c1-4-24-17-7-5-6-15(13-17)19(23)20-16-10-8-14(9-11-16)12-18(22)21(2)3/h5-11,13H,4,12H2,1-3H3,(H,20,23). The van der Waals surface area contributed by atoms with Gasteiger partial charge in [0.05, 0.1) is 13.0 Å². The summed E-state index contributed by atoms with van der Waals surface area (Å²) in [5, 5.41) is 2.84. The number of amides is 2. The number of ether oxygens (including phenoxy) is 1. The molecule has 0 radical (unpaired) electrons. The van der Waals surface area contributed by atoms with E-state index in [-0.39, 0.29) is 11.8 Å². The second-order valence-electron chi connectivity index (χ2n) is 5.58. The van der Waals surface area contributed by atoms with E-state index in [9.17, 15) is 9.59 Å². The van der Waals surface area contributed by atoms with Crippen molar-refractivity contribution < 1.29 is 14.3 Å². The van der Waals surface area contributed by atoms with E-state index in [0.717, 1.165) is 5.56 Å². The summed E-state index contributed by atoms with van der Waals surface area (Å²) in [5.74, 6) is 0.510. The first-order chi connectivity index (χ1) is 11.5. The summed E-state index contributed by atoms with van der Waals surface area (Å²) in [6.45, 7) is 2.45. The molecule has 24 heavy (non-hydrogen) atoms. The molecule has 0 aromatic heterocycles. The molecular formula is C19H22N2O3. The number of anilines is 1. The normalized spacial score (nSPS) is 10.1. The van der Waals surface area contributed by atoms with Crippen LogP contribution in [0.5, 0.6) is 5.75 Å². The van der Waals surface area contributed by atoms with E-state index >= 15 is 0 Å². The first-order valence-electron chi connectivity index (χ1n) is 7.83. The Morgan fingerprint density at radius 3 is 2.42 bits per heavy atom. The minimum atomic E-state index is -0.200. The summed E-state index contributed by atoms with van der Waals surface area (Å²) in [6.07, 6.45) is 0.345. The van der Waals surface area contributed by atoms with E-state index in [2.05, 4.69) is 5.32 Å². The lowest BCUT2D eigenvalue weighted by Crippen LogP contribution is -2.23. The molecule has 0 aliphatic heterocycles. The molecule has 5 heteroatoms. The lowest BCUT2D eigenvalue weighted by molar-refractivity contribution is -0.127. The molecule has 0 bridgehead atoms. The second-order valence-corrected chi connectivity index (χ2v) is 5.58. The lowest BCUT2D eigenvalue weighted by Gasteiger charge is -2.11. The van der Waals surface area contributed by atoms with E-state index in [0.29, 0.717) is 30.0 Å². The zero-order valence-electron chi connectivity index (χ0n) is 14.2. The largest absolute Gasteiger partial charge is 0.494 e. The van der Waals surface area contributed by atoms with Crippen molar-refractivity contribution in [2.75, 3.05) is 26.0 Å². The van der Waals surface area contributed by atoms with Crippen molar-refractivity contribution in [1.82, 2.24) is 4.90 Å². The number of benzene rings is 2. The highest BCUT2D eigenvalue weighted by atomic mass is 16.5. The zero-order valence-corrected chi connectivity index (χ0v) is 14.2. The van der Waals surface area contributed by atoms with Crippen LogP contribution < -0.4 is 10.1 Å². The van der Waals surface area contributed by atoms with Gasteiger partial charge in [0.15, 0.2) is 0 Å². The number of hydrogen-bond donors (Lipinski definition) is 1. The van der Waals surface area contributed by atoms with Gasteiger partial charge in [-0.25, -0.2) is 0 Å². The van der Waals surface area contributed by atoms with Gasteiger partial charge in [0.2, 0.25) is 5.91 Å². The molecule has 0 unspecified atom stereocenters. The van der Waals surface area contributed by atoms with E-state index in [1.165, 1.54) is 0 Å². The third-order valence-corrected chi connectivity index (χ3v) is 3.47. The number of carbonyl (C=O) groups is 2. The van der Waals surface area contributed by atoms with Crippen LogP contribution in [0.25, 0.3) is 0 Å². The molecule has 2 aromatic carbocycles. The summed E-state index contributed by atoms with van der Waals surface area (Å²) in [6, 6.07) is 14.3. The zero-order chi connectivity index (χ0) is 17.5. The van der Waals surface area contributed by atoms with Gasteiger partial charge in [-0.3, -0.25) is 9.59 Å². The fourth-order valence-electron chi connectivity index (χ4n) is 2.14. The van der Waals surface area contributed by atoms with Gasteiger partial charge in [-0.2, -0.15) is 0 Å². The second kappa shape index (κ2) is 8.15. The van der Waals surface area contributed by atoms with Gasteiger partial charge >= 0.3 is 0 Å². The number of rotatable bonds is 6. The van der Waals surface area contributed by atoms with Crippen molar-refractivity contribution in [3.05, 3.63) is 59.7 Å². The maximum atomic E-state index is 12.3. The van der Waals surface area contributed by atoms with Gasteiger partial charge < -0.3 is 15.0 Å². The monoisotopic (exact) mass is 326 g/mol. The van der Waals surface area contributed by atoms with Crippen molar-refractivity contribution in [3.63, 3.8) is 0 Å². The molecule has 0 aliphatic carbocycles. The summed E-state index contributed by atoms with van der Waals surface area (Å²) in [5.41, 5.74) is 2.13. The van der Waals surface area contributed by atoms with Crippen molar-refractivity contribution in [2.24, 2.45) is 0 Å². The molecule has 2 rings (SSSR count). The van der Waals surface area contributed by atoms with Crippen LogP contribution in [-0.2, 0) is 11.2 Å². The molecule has 2 aromatic rings. The maximum Gasteiger partial charge on any atom is 0.255 e. The van der Waals surface area contributed by atoms with Crippen molar-refractivity contribution in [3.8, 4) is 5.75 Å². The van der Waals surface area contributed by atoms with Gasteiger partial charge in [-0.1, -0.05) is 18.2 Å². The highest BCUT2D eigenvalue weighted by Gasteiger charge is 2.09. The molecule has 0 spiro atoms. The van der Waals surface area contributed by atoms with E-state index in [1.807, 2.05) is 25.1 Å². The van der Waals surface area contributed by atoms with Crippen LogP contribution in [0.3, 0.4) is 0 Å². The Balaban J connectivity index is 2.01. The average molecular weight is 326 g/mol. The summed E-state index contributed by atoms with van der Waals surface area (Å²) < 4.78 is 5.40. The van der Waals surface area contributed by atoms with E-state index in [4.69, 9.17) is 4.74 Å². The van der Waals surface area contributed by atoms with Crippen LogP contribution in [0.1, 0.15) is 22.8 Å². The predicted octanol–water partition coefficient (Wildman–Crippen LogP) is 2.97. The van der Waals surface area contributed by atoms with Crippen LogP contribution in [-0.4, -0.2) is 37.4 Å². The summed E-state index contributed by atoms with van der Waals surface area (Å²) >= 11 is 0. The average Bonchev–Trinajstić information content (AvgIpc) is 2.57. The number of nitrogens with zero attached hydrogens (tertiary/aromatic N) is 1. The maximum absolute atomic E-state index is 12.3. The summed E-state index contributed by atoms with van der Waals surface area (Å²) in [7, 11) is 3.46. The Morgan fingerprint density at radius 1 is 1.08 bits per heavy atom. The fourth-order valence-corrected chi connectivity index (χ4v) is 2.14. The smallest absolute Gasteiger partial charge is 0.255 e. The van der Waals surface area contributed by atoms with Gasteiger partial charge in [-0.15, -0.1) is 0 Å². The fraction of sp³-hybridized carbons (Fsp3) is 0.263. The predicted molar refractivity (Wildman–Crippen MR) is 94.4 cm³/mol. The molecule has 2 amide bonds. The Morgan fingerprint density at radius 2 is 1.79 bits per heavy atom. The minimum absolute atomic E-state index is 0.0412.